The van der Waals surface area contributed by atoms with Crippen molar-refractivity contribution in [2.45, 2.75) is 12.6 Å². The van der Waals surface area contributed by atoms with Crippen LogP contribution in [0, 0.1) is 5.82 Å². The molecule has 2 rings (SSSR count). The molecule has 0 fully saturated rings. The van der Waals surface area contributed by atoms with Crippen LogP contribution in [0.1, 0.15) is 17.4 Å². The largest absolute Gasteiger partial charge is 0.337 e. The summed E-state index contributed by atoms with van der Waals surface area (Å²) in [5, 5.41) is 0. The number of nitrogens with zero attached hydrogens (tertiary/aromatic N) is 4. The molecule has 1 heterocycles. The number of hydrogen-bond acceptors (Lipinski definition) is 3. The Morgan fingerprint density at radius 1 is 1.27 bits per heavy atom. The molecule has 1 atom stereocenters. The van der Waals surface area contributed by atoms with E-state index in [-0.39, 0.29) is 11.7 Å². The Balaban J connectivity index is 2.19. The van der Waals surface area contributed by atoms with Crippen LogP contribution in [0.15, 0.2) is 36.7 Å². The zero-order chi connectivity index (χ0) is 16.3. The van der Waals surface area contributed by atoms with Gasteiger partial charge in [-0.3, -0.25) is 9.69 Å². The van der Waals surface area contributed by atoms with Crippen LogP contribution in [-0.2, 0) is 18.4 Å². The molecule has 0 N–H and O–H groups in total. The predicted molar refractivity (Wildman–Crippen MR) is 82.5 cm³/mol. The van der Waals surface area contributed by atoms with E-state index in [4.69, 9.17) is 0 Å². The molecule has 0 aliphatic heterocycles. The fourth-order valence-corrected chi connectivity index (χ4v) is 2.35. The van der Waals surface area contributed by atoms with Crippen molar-refractivity contribution in [2.75, 3.05) is 21.1 Å². The maximum Gasteiger partial charge on any atom is 0.244 e. The third kappa shape index (κ3) is 3.51. The minimum absolute atomic E-state index is 0.0559. The molecule has 1 aromatic heterocycles. The molecule has 22 heavy (non-hydrogen) atoms. The van der Waals surface area contributed by atoms with Gasteiger partial charge in [0.1, 0.15) is 17.7 Å². The molecule has 1 amide bonds. The van der Waals surface area contributed by atoms with Gasteiger partial charge < -0.3 is 9.47 Å². The molecule has 0 bridgehead atoms. The third-order valence-electron chi connectivity index (χ3n) is 3.61. The van der Waals surface area contributed by atoms with Crippen molar-refractivity contribution in [3.05, 3.63) is 53.9 Å². The van der Waals surface area contributed by atoms with Crippen molar-refractivity contribution in [3.63, 3.8) is 0 Å². The topological polar surface area (TPSA) is 41.4 Å². The van der Waals surface area contributed by atoms with Gasteiger partial charge in [0.15, 0.2) is 0 Å². The average Bonchev–Trinajstić information content (AvgIpc) is 2.86. The highest BCUT2D eigenvalue weighted by atomic mass is 19.1. The highest BCUT2D eigenvalue weighted by Gasteiger charge is 2.26. The van der Waals surface area contributed by atoms with E-state index < -0.39 is 6.04 Å². The SMILES string of the molecule is CN(Cc1nccn1C)C(=O)C(c1ccc(F)cc1)N(C)C. The third-order valence-corrected chi connectivity index (χ3v) is 3.61. The van der Waals surface area contributed by atoms with Gasteiger partial charge in [-0.15, -0.1) is 0 Å². The number of imidazole rings is 1. The fourth-order valence-electron chi connectivity index (χ4n) is 2.35. The van der Waals surface area contributed by atoms with E-state index in [1.54, 1.807) is 30.3 Å². The van der Waals surface area contributed by atoms with E-state index in [1.807, 2.05) is 36.8 Å². The molecule has 0 spiro atoms. The fraction of sp³-hybridized carbons (Fsp3) is 0.375. The molecule has 0 aliphatic rings. The minimum atomic E-state index is -0.453. The van der Waals surface area contributed by atoms with Crippen LogP contribution in [0.5, 0.6) is 0 Å². The number of benzene rings is 1. The number of rotatable bonds is 5. The summed E-state index contributed by atoms with van der Waals surface area (Å²) in [5.74, 6) is 0.446. The highest BCUT2D eigenvalue weighted by Crippen LogP contribution is 2.21. The Morgan fingerprint density at radius 2 is 1.91 bits per heavy atom. The van der Waals surface area contributed by atoms with E-state index in [9.17, 15) is 9.18 Å². The van der Waals surface area contributed by atoms with Crippen LogP contribution < -0.4 is 0 Å². The molecule has 6 heteroatoms. The van der Waals surface area contributed by atoms with Gasteiger partial charge in [-0.2, -0.15) is 0 Å². The van der Waals surface area contributed by atoms with Crippen LogP contribution >= 0.6 is 0 Å². The van der Waals surface area contributed by atoms with Crippen molar-refractivity contribution < 1.29 is 9.18 Å². The summed E-state index contributed by atoms with van der Waals surface area (Å²) in [6.07, 6.45) is 3.55. The normalized spacial score (nSPS) is 12.5. The molecule has 0 aliphatic carbocycles. The first-order valence-corrected chi connectivity index (χ1v) is 7.03. The highest BCUT2D eigenvalue weighted by molar-refractivity contribution is 5.83. The monoisotopic (exact) mass is 304 g/mol. The van der Waals surface area contributed by atoms with Crippen molar-refractivity contribution in [2.24, 2.45) is 7.05 Å². The van der Waals surface area contributed by atoms with Gasteiger partial charge in [0.2, 0.25) is 5.91 Å². The number of aryl methyl sites for hydroxylation is 1. The lowest BCUT2D eigenvalue weighted by molar-refractivity contribution is -0.135. The first-order valence-electron chi connectivity index (χ1n) is 7.03. The van der Waals surface area contributed by atoms with Crippen molar-refractivity contribution in [1.82, 2.24) is 19.4 Å². The summed E-state index contributed by atoms with van der Waals surface area (Å²) >= 11 is 0. The lowest BCUT2D eigenvalue weighted by Gasteiger charge is -2.28. The van der Waals surface area contributed by atoms with Gasteiger partial charge in [0, 0.05) is 26.5 Å². The van der Waals surface area contributed by atoms with Gasteiger partial charge >= 0.3 is 0 Å². The second kappa shape index (κ2) is 6.70. The molecule has 118 valence electrons. The van der Waals surface area contributed by atoms with E-state index in [0.29, 0.717) is 6.54 Å². The first-order chi connectivity index (χ1) is 10.4. The quantitative estimate of drug-likeness (QED) is 0.846. The Bertz CT molecular complexity index is 636. The van der Waals surface area contributed by atoms with Gasteiger partial charge in [0.05, 0.1) is 6.54 Å². The number of aromatic nitrogens is 2. The number of likely N-dealkylation sites (N-methyl/N-ethyl adjacent to an activating group) is 2. The summed E-state index contributed by atoms with van der Waals surface area (Å²) in [4.78, 5) is 20.5. The number of carbonyl (C=O) groups excluding carboxylic acids is 1. The van der Waals surface area contributed by atoms with Gasteiger partial charge in [-0.25, -0.2) is 9.37 Å². The number of carbonyl (C=O) groups is 1. The molecule has 0 radical (unpaired) electrons. The maximum atomic E-state index is 13.1. The molecule has 1 unspecified atom stereocenters. The zero-order valence-electron chi connectivity index (χ0n) is 13.3. The second-order valence-electron chi connectivity index (χ2n) is 5.57. The Labute approximate surface area is 130 Å². The lowest BCUT2D eigenvalue weighted by atomic mass is 10.0. The summed E-state index contributed by atoms with van der Waals surface area (Å²) < 4.78 is 15.0. The van der Waals surface area contributed by atoms with E-state index in [1.165, 1.54) is 12.1 Å². The molecular weight excluding hydrogens is 283 g/mol. The first kappa shape index (κ1) is 16.2. The van der Waals surface area contributed by atoms with Crippen LogP contribution in [0.2, 0.25) is 0 Å². The standard InChI is InChI=1S/C16H21FN4O/c1-19(2)15(12-5-7-13(17)8-6-12)16(22)21(4)11-14-18-9-10-20(14)3/h5-10,15H,11H2,1-4H3. The smallest absolute Gasteiger partial charge is 0.244 e. The van der Waals surface area contributed by atoms with Crippen molar-refractivity contribution in [3.8, 4) is 0 Å². The molecule has 0 saturated heterocycles. The summed E-state index contributed by atoms with van der Waals surface area (Å²) in [6, 6.07) is 5.58. The lowest BCUT2D eigenvalue weighted by Crippen LogP contribution is -2.38. The Morgan fingerprint density at radius 3 is 2.41 bits per heavy atom. The van der Waals surface area contributed by atoms with Crippen LogP contribution in [-0.4, -0.2) is 46.4 Å². The molecule has 1 aromatic carbocycles. The molecule has 5 nitrogen and oxygen atoms in total. The van der Waals surface area contributed by atoms with E-state index >= 15 is 0 Å². The Kier molecular flexibility index (Phi) is 4.92. The minimum Gasteiger partial charge on any atom is -0.337 e. The van der Waals surface area contributed by atoms with Crippen LogP contribution in [0.4, 0.5) is 4.39 Å². The van der Waals surface area contributed by atoms with E-state index in [0.717, 1.165) is 11.4 Å². The van der Waals surface area contributed by atoms with Gasteiger partial charge in [-0.1, -0.05) is 12.1 Å². The molecule has 2 aromatic rings. The van der Waals surface area contributed by atoms with E-state index in [2.05, 4.69) is 4.98 Å². The molecular formula is C16H21FN4O. The van der Waals surface area contributed by atoms with Crippen molar-refractivity contribution in [1.29, 1.82) is 0 Å². The maximum absolute atomic E-state index is 13.1. The van der Waals surface area contributed by atoms with Gasteiger partial charge in [-0.05, 0) is 31.8 Å². The Hall–Kier alpha value is -2.21. The van der Waals surface area contributed by atoms with Gasteiger partial charge in [0.25, 0.3) is 0 Å². The second-order valence-corrected chi connectivity index (χ2v) is 5.57. The number of hydrogen-bond donors (Lipinski definition) is 0. The predicted octanol–water partition coefficient (Wildman–Crippen LogP) is 1.82. The van der Waals surface area contributed by atoms with Crippen LogP contribution in [0.3, 0.4) is 0 Å². The zero-order valence-corrected chi connectivity index (χ0v) is 13.3. The molecule has 0 saturated carbocycles. The van der Waals surface area contributed by atoms with Crippen LogP contribution in [0.25, 0.3) is 0 Å². The average molecular weight is 304 g/mol. The summed E-state index contributed by atoms with van der Waals surface area (Å²) in [5.41, 5.74) is 0.767. The summed E-state index contributed by atoms with van der Waals surface area (Å²) in [6.45, 7) is 0.424. The van der Waals surface area contributed by atoms with Crippen molar-refractivity contribution >= 4 is 5.91 Å². The number of halogens is 1. The summed E-state index contributed by atoms with van der Waals surface area (Å²) in [7, 11) is 7.31. The number of amides is 1.